The van der Waals surface area contributed by atoms with Gasteiger partial charge in [0.05, 0.1) is 5.69 Å². The van der Waals surface area contributed by atoms with Crippen LogP contribution in [0.5, 0.6) is 0 Å². The summed E-state index contributed by atoms with van der Waals surface area (Å²) in [6.07, 6.45) is 1.22. The van der Waals surface area contributed by atoms with Crippen molar-refractivity contribution < 1.29 is 14.7 Å². The zero-order valence-corrected chi connectivity index (χ0v) is 10.7. The number of aromatic carboxylic acids is 1. The molecule has 2 aromatic heterocycles. The Bertz CT molecular complexity index is 855. The van der Waals surface area contributed by atoms with Gasteiger partial charge in [-0.3, -0.25) is 9.20 Å². The maximum atomic E-state index is 11.4. The molecule has 1 aromatic carbocycles. The lowest BCUT2D eigenvalue weighted by Crippen LogP contribution is -2.13. The fourth-order valence-electron chi connectivity index (χ4n) is 2.07. The number of hydrogen-bond donors (Lipinski definition) is 2. The molecular weight excluding hydrogens is 272 g/mol. The van der Waals surface area contributed by atoms with E-state index >= 15 is 0 Å². The van der Waals surface area contributed by atoms with Crippen molar-refractivity contribution in [3.05, 3.63) is 54.1 Å². The molecule has 1 amide bonds. The molecular formula is C14H10N4O3. The van der Waals surface area contributed by atoms with Crippen LogP contribution in [-0.4, -0.2) is 31.4 Å². The number of imidazole rings is 1. The number of aromatic nitrogens is 3. The fourth-order valence-corrected chi connectivity index (χ4v) is 2.07. The monoisotopic (exact) mass is 282 g/mol. The zero-order valence-electron chi connectivity index (χ0n) is 10.7. The standard InChI is InChI=1S/C14H10N4O3/c15-12(19)11-13-17-9(8-4-2-1-3-5-8)6-10(14(20)21)18(13)7-16-11/h1-7H,(H2,15,19)(H,20,21). The number of carbonyl (C=O) groups is 2. The molecule has 0 fully saturated rings. The molecule has 0 bridgehead atoms. The minimum absolute atomic E-state index is 0.0427. The van der Waals surface area contributed by atoms with Gasteiger partial charge >= 0.3 is 5.97 Å². The highest BCUT2D eigenvalue weighted by Crippen LogP contribution is 2.21. The second-order valence-electron chi connectivity index (χ2n) is 4.35. The summed E-state index contributed by atoms with van der Waals surface area (Å²) in [7, 11) is 0. The van der Waals surface area contributed by atoms with Crippen LogP contribution in [0.2, 0.25) is 0 Å². The number of carboxylic acids is 1. The van der Waals surface area contributed by atoms with Gasteiger partial charge in [-0.25, -0.2) is 14.8 Å². The molecule has 0 atom stereocenters. The van der Waals surface area contributed by atoms with Crippen LogP contribution in [0, 0.1) is 0 Å². The molecule has 2 heterocycles. The van der Waals surface area contributed by atoms with Crippen molar-refractivity contribution in [1.82, 2.24) is 14.4 Å². The van der Waals surface area contributed by atoms with E-state index in [4.69, 9.17) is 5.73 Å². The maximum Gasteiger partial charge on any atom is 0.353 e. The summed E-state index contributed by atoms with van der Waals surface area (Å²) in [5.74, 6) is -1.90. The Kier molecular flexibility index (Phi) is 2.87. The van der Waals surface area contributed by atoms with Crippen molar-refractivity contribution in [2.75, 3.05) is 0 Å². The van der Waals surface area contributed by atoms with Gasteiger partial charge in [-0.1, -0.05) is 30.3 Å². The largest absolute Gasteiger partial charge is 0.477 e. The minimum atomic E-state index is -1.15. The molecule has 0 spiro atoms. The average molecular weight is 282 g/mol. The Morgan fingerprint density at radius 1 is 1.19 bits per heavy atom. The van der Waals surface area contributed by atoms with E-state index in [9.17, 15) is 14.7 Å². The zero-order chi connectivity index (χ0) is 15.0. The average Bonchev–Trinajstić information content (AvgIpc) is 2.90. The van der Waals surface area contributed by atoms with Gasteiger partial charge in [0.2, 0.25) is 0 Å². The summed E-state index contributed by atoms with van der Waals surface area (Å²) in [6, 6.07) is 10.5. The van der Waals surface area contributed by atoms with E-state index in [1.165, 1.54) is 16.8 Å². The second kappa shape index (κ2) is 4.71. The number of nitrogens with two attached hydrogens (primary N) is 1. The smallest absolute Gasteiger partial charge is 0.353 e. The Morgan fingerprint density at radius 2 is 1.90 bits per heavy atom. The van der Waals surface area contributed by atoms with E-state index in [1.54, 1.807) is 12.1 Å². The number of hydrogen-bond acceptors (Lipinski definition) is 4. The second-order valence-corrected chi connectivity index (χ2v) is 4.35. The van der Waals surface area contributed by atoms with Crippen LogP contribution < -0.4 is 5.73 Å². The molecule has 3 aromatic rings. The topological polar surface area (TPSA) is 111 Å². The van der Waals surface area contributed by atoms with E-state index in [0.29, 0.717) is 5.69 Å². The highest BCUT2D eigenvalue weighted by atomic mass is 16.4. The lowest BCUT2D eigenvalue weighted by atomic mass is 10.1. The molecule has 0 saturated carbocycles. The van der Waals surface area contributed by atoms with Gasteiger partial charge in [-0.15, -0.1) is 0 Å². The molecule has 21 heavy (non-hydrogen) atoms. The first kappa shape index (κ1) is 12.8. The van der Waals surface area contributed by atoms with Gasteiger partial charge in [0.15, 0.2) is 11.3 Å². The number of rotatable bonds is 3. The fraction of sp³-hybridized carbons (Fsp3) is 0. The Balaban J connectivity index is 2.35. The van der Waals surface area contributed by atoms with Crippen molar-refractivity contribution in [3.8, 4) is 11.3 Å². The third-order valence-electron chi connectivity index (χ3n) is 3.02. The molecule has 0 aliphatic heterocycles. The van der Waals surface area contributed by atoms with Crippen LogP contribution in [0.4, 0.5) is 0 Å². The van der Waals surface area contributed by atoms with Crippen molar-refractivity contribution >= 4 is 17.5 Å². The quantitative estimate of drug-likeness (QED) is 0.749. The summed E-state index contributed by atoms with van der Waals surface area (Å²) in [4.78, 5) is 30.9. The van der Waals surface area contributed by atoms with Gasteiger partial charge in [0, 0.05) is 5.56 Å². The van der Waals surface area contributed by atoms with E-state index in [-0.39, 0.29) is 17.0 Å². The molecule has 0 aliphatic carbocycles. The minimum Gasteiger partial charge on any atom is -0.477 e. The highest BCUT2D eigenvalue weighted by molar-refractivity contribution is 5.98. The SMILES string of the molecule is NC(=O)c1ncn2c(C(=O)O)cc(-c3ccccc3)nc12. The summed E-state index contributed by atoms with van der Waals surface area (Å²) in [5, 5.41) is 9.31. The van der Waals surface area contributed by atoms with Gasteiger partial charge in [0.25, 0.3) is 5.91 Å². The molecule has 0 aliphatic rings. The predicted molar refractivity (Wildman–Crippen MR) is 73.9 cm³/mol. The van der Waals surface area contributed by atoms with Crippen LogP contribution in [-0.2, 0) is 0 Å². The van der Waals surface area contributed by atoms with Gasteiger partial charge in [-0.05, 0) is 6.07 Å². The number of benzene rings is 1. The van der Waals surface area contributed by atoms with Crippen molar-refractivity contribution in [1.29, 1.82) is 0 Å². The normalized spacial score (nSPS) is 10.7. The third-order valence-corrected chi connectivity index (χ3v) is 3.02. The Morgan fingerprint density at radius 3 is 2.52 bits per heavy atom. The lowest BCUT2D eigenvalue weighted by Gasteiger charge is -2.06. The summed E-state index contributed by atoms with van der Waals surface area (Å²) in [6.45, 7) is 0. The number of nitrogens with zero attached hydrogens (tertiary/aromatic N) is 3. The molecule has 0 saturated heterocycles. The lowest BCUT2D eigenvalue weighted by molar-refractivity contribution is 0.0688. The van der Waals surface area contributed by atoms with Crippen LogP contribution in [0.3, 0.4) is 0 Å². The third kappa shape index (κ3) is 2.10. The first-order valence-electron chi connectivity index (χ1n) is 6.04. The summed E-state index contributed by atoms with van der Waals surface area (Å²) >= 11 is 0. The molecule has 7 nitrogen and oxygen atoms in total. The number of amides is 1. The molecule has 3 rings (SSSR count). The number of carbonyl (C=O) groups excluding carboxylic acids is 1. The summed E-state index contributed by atoms with van der Waals surface area (Å²) < 4.78 is 1.23. The number of fused-ring (bicyclic) bond motifs is 1. The Hall–Kier alpha value is -3.22. The number of primary amides is 1. The van der Waals surface area contributed by atoms with Gasteiger partial charge in [0.1, 0.15) is 12.0 Å². The number of carboxylic acid groups (broad SMARTS) is 1. The van der Waals surface area contributed by atoms with Crippen LogP contribution in [0.25, 0.3) is 16.9 Å². The first-order chi connectivity index (χ1) is 10.1. The van der Waals surface area contributed by atoms with Crippen molar-refractivity contribution in [2.24, 2.45) is 5.73 Å². The van der Waals surface area contributed by atoms with Crippen LogP contribution in [0.15, 0.2) is 42.7 Å². The van der Waals surface area contributed by atoms with E-state index in [2.05, 4.69) is 9.97 Å². The maximum absolute atomic E-state index is 11.4. The van der Waals surface area contributed by atoms with Gasteiger partial charge in [-0.2, -0.15) is 0 Å². The van der Waals surface area contributed by atoms with Crippen LogP contribution in [0.1, 0.15) is 21.0 Å². The van der Waals surface area contributed by atoms with E-state index < -0.39 is 11.9 Å². The highest BCUT2D eigenvalue weighted by Gasteiger charge is 2.18. The molecule has 3 N–H and O–H groups in total. The molecule has 0 radical (unpaired) electrons. The van der Waals surface area contributed by atoms with E-state index in [0.717, 1.165) is 5.56 Å². The van der Waals surface area contributed by atoms with E-state index in [1.807, 2.05) is 18.2 Å². The molecule has 104 valence electrons. The van der Waals surface area contributed by atoms with Crippen LogP contribution >= 0.6 is 0 Å². The molecule has 7 heteroatoms. The summed E-state index contributed by atoms with van der Waals surface area (Å²) in [5.41, 5.74) is 6.43. The van der Waals surface area contributed by atoms with Crippen molar-refractivity contribution in [3.63, 3.8) is 0 Å². The molecule has 0 unspecified atom stereocenters. The Labute approximate surface area is 118 Å². The first-order valence-corrected chi connectivity index (χ1v) is 6.04. The van der Waals surface area contributed by atoms with Crippen molar-refractivity contribution in [2.45, 2.75) is 0 Å². The van der Waals surface area contributed by atoms with Gasteiger partial charge < -0.3 is 10.8 Å². The predicted octanol–water partition coefficient (Wildman–Crippen LogP) is 1.19.